The van der Waals surface area contributed by atoms with Gasteiger partial charge in [0, 0.05) is 11.9 Å². The second-order valence-electron chi connectivity index (χ2n) is 3.53. The van der Waals surface area contributed by atoms with Gasteiger partial charge in [-0.15, -0.1) is 0 Å². The molecule has 0 saturated heterocycles. The molecule has 74 valence electrons. The first-order valence-electron chi connectivity index (χ1n) is 4.87. The Kier molecular flexibility index (Phi) is 2.48. The second kappa shape index (κ2) is 3.78. The zero-order chi connectivity index (χ0) is 9.97. The third-order valence-corrected chi connectivity index (χ3v) is 2.59. The van der Waals surface area contributed by atoms with Crippen LogP contribution >= 0.6 is 0 Å². The Morgan fingerprint density at radius 2 is 2.21 bits per heavy atom. The summed E-state index contributed by atoms with van der Waals surface area (Å²) in [6, 6.07) is 1.91. The first-order chi connectivity index (χ1) is 6.81. The molecule has 0 aliphatic heterocycles. The van der Waals surface area contributed by atoms with Crippen molar-refractivity contribution >= 4 is 5.97 Å². The molecule has 1 aromatic rings. The molecule has 1 aromatic heterocycles. The number of rotatable bonds is 1. The van der Waals surface area contributed by atoms with Crippen LogP contribution in [-0.4, -0.2) is 18.1 Å². The van der Waals surface area contributed by atoms with E-state index in [9.17, 15) is 4.79 Å². The number of methoxy groups -OCH3 is 1. The molecule has 1 aliphatic rings. The molecule has 0 spiro atoms. The van der Waals surface area contributed by atoms with E-state index in [0.717, 1.165) is 18.5 Å². The van der Waals surface area contributed by atoms with E-state index >= 15 is 0 Å². The molecule has 0 bridgehead atoms. The highest BCUT2D eigenvalue weighted by atomic mass is 16.5. The van der Waals surface area contributed by atoms with Crippen LogP contribution in [0.4, 0.5) is 0 Å². The van der Waals surface area contributed by atoms with Crippen molar-refractivity contribution in [1.29, 1.82) is 0 Å². The smallest absolute Gasteiger partial charge is 0.339 e. The number of carbonyl (C=O) groups excluding carboxylic acids is 1. The highest BCUT2D eigenvalue weighted by Crippen LogP contribution is 2.20. The SMILES string of the molecule is COC(=O)c1cnc2c(c1)CCCC2. The lowest BCUT2D eigenvalue weighted by Crippen LogP contribution is -2.09. The monoisotopic (exact) mass is 191 g/mol. The third kappa shape index (κ3) is 1.62. The van der Waals surface area contributed by atoms with Crippen molar-refractivity contribution in [3.05, 3.63) is 29.1 Å². The quantitative estimate of drug-likeness (QED) is 0.635. The van der Waals surface area contributed by atoms with Gasteiger partial charge in [-0.25, -0.2) is 4.79 Å². The normalized spacial score (nSPS) is 14.6. The van der Waals surface area contributed by atoms with Crippen molar-refractivity contribution in [2.45, 2.75) is 25.7 Å². The van der Waals surface area contributed by atoms with E-state index in [1.807, 2.05) is 6.07 Å². The molecule has 0 aromatic carbocycles. The summed E-state index contributed by atoms with van der Waals surface area (Å²) in [7, 11) is 1.39. The van der Waals surface area contributed by atoms with Crippen molar-refractivity contribution < 1.29 is 9.53 Å². The van der Waals surface area contributed by atoms with Crippen molar-refractivity contribution in [2.75, 3.05) is 7.11 Å². The van der Waals surface area contributed by atoms with Crippen molar-refractivity contribution in [3.63, 3.8) is 0 Å². The highest BCUT2D eigenvalue weighted by molar-refractivity contribution is 5.89. The predicted octanol–water partition coefficient (Wildman–Crippen LogP) is 1.75. The summed E-state index contributed by atoms with van der Waals surface area (Å²) in [6.07, 6.45) is 6.08. The van der Waals surface area contributed by atoms with Gasteiger partial charge < -0.3 is 4.74 Å². The van der Waals surface area contributed by atoms with Crippen molar-refractivity contribution in [1.82, 2.24) is 4.98 Å². The van der Waals surface area contributed by atoms with Gasteiger partial charge >= 0.3 is 5.97 Å². The molecule has 0 radical (unpaired) electrons. The van der Waals surface area contributed by atoms with Crippen LogP contribution in [0.2, 0.25) is 0 Å². The van der Waals surface area contributed by atoms with Gasteiger partial charge in [0.2, 0.25) is 0 Å². The van der Waals surface area contributed by atoms with E-state index in [1.54, 1.807) is 6.20 Å². The number of aryl methyl sites for hydroxylation is 2. The molecule has 3 heteroatoms. The lowest BCUT2D eigenvalue weighted by Gasteiger charge is -2.14. The zero-order valence-electron chi connectivity index (χ0n) is 8.25. The lowest BCUT2D eigenvalue weighted by molar-refractivity contribution is 0.0600. The van der Waals surface area contributed by atoms with E-state index in [0.29, 0.717) is 5.56 Å². The molecule has 2 rings (SSSR count). The molecule has 1 aliphatic carbocycles. The molecule has 14 heavy (non-hydrogen) atoms. The zero-order valence-corrected chi connectivity index (χ0v) is 8.25. The van der Waals surface area contributed by atoms with Crippen LogP contribution in [0.1, 0.15) is 34.5 Å². The minimum atomic E-state index is -0.300. The molecule has 0 N–H and O–H groups in total. The van der Waals surface area contributed by atoms with E-state index in [2.05, 4.69) is 9.72 Å². The van der Waals surface area contributed by atoms with Gasteiger partial charge in [-0.1, -0.05) is 0 Å². The minimum Gasteiger partial charge on any atom is -0.465 e. The molecular weight excluding hydrogens is 178 g/mol. The first-order valence-corrected chi connectivity index (χ1v) is 4.87. The molecule has 0 atom stereocenters. The van der Waals surface area contributed by atoms with Gasteiger partial charge in [0.1, 0.15) is 0 Å². The summed E-state index contributed by atoms with van der Waals surface area (Å²) in [4.78, 5) is 15.5. The number of esters is 1. The Labute approximate surface area is 83.1 Å². The Morgan fingerprint density at radius 1 is 1.43 bits per heavy atom. The number of carbonyl (C=O) groups is 1. The number of aromatic nitrogens is 1. The number of hydrogen-bond donors (Lipinski definition) is 0. The standard InChI is InChI=1S/C11H13NO2/c1-14-11(13)9-6-8-4-2-3-5-10(8)12-7-9/h6-7H,2-5H2,1H3. The average molecular weight is 191 g/mol. The van der Waals surface area contributed by atoms with Crippen LogP contribution < -0.4 is 0 Å². The Hall–Kier alpha value is -1.38. The molecule has 0 saturated carbocycles. The lowest BCUT2D eigenvalue weighted by atomic mass is 9.95. The van der Waals surface area contributed by atoms with Crippen molar-refractivity contribution in [3.8, 4) is 0 Å². The molecular formula is C11H13NO2. The fraction of sp³-hybridized carbons (Fsp3) is 0.455. The van der Waals surface area contributed by atoms with Crippen LogP contribution in [0.5, 0.6) is 0 Å². The minimum absolute atomic E-state index is 0.300. The number of ether oxygens (including phenoxy) is 1. The summed E-state index contributed by atoms with van der Waals surface area (Å²) < 4.78 is 4.65. The topological polar surface area (TPSA) is 39.2 Å². The molecule has 0 fully saturated rings. The number of pyridine rings is 1. The molecule has 0 unspecified atom stereocenters. The maximum Gasteiger partial charge on any atom is 0.339 e. The Morgan fingerprint density at radius 3 is 3.00 bits per heavy atom. The maximum atomic E-state index is 11.2. The van der Waals surface area contributed by atoms with Gasteiger partial charge in [0.05, 0.1) is 12.7 Å². The van der Waals surface area contributed by atoms with Crippen LogP contribution in [0.15, 0.2) is 12.3 Å². The number of hydrogen-bond acceptors (Lipinski definition) is 3. The largest absolute Gasteiger partial charge is 0.465 e. The third-order valence-electron chi connectivity index (χ3n) is 2.59. The summed E-state index contributed by atoms with van der Waals surface area (Å²) in [6.45, 7) is 0. The molecule has 1 heterocycles. The second-order valence-corrected chi connectivity index (χ2v) is 3.53. The van der Waals surface area contributed by atoms with Gasteiger partial charge in [0.15, 0.2) is 0 Å². The summed E-state index contributed by atoms with van der Waals surface area (Å²) >= 11 is 0. The van der Waals surface area contributed by atoms with Gasteiger partial charge in [0.25, 0.3) is 0 Å². The van der Waals surface area contributed by atoms with Crippen LogP contribution in [0.3, 0.4) is 0 Å². The number of fused-ring (bicyclic) bond motifs is 1. The van der Waals surface area contributed by atoms with Crippen molar-refractivity contribution in [2.24, 2.45) is 0 Å². The fourth-order valence-corrected chi connectivity index (χ4v) is 1.82. The van der Waals surface area contributed by atoms with Crippen LogP contribution in [0.25, 0.3) is 0 Å². The maximum absolute atomic E-state index is 11.2. The highest BCUT2D eigenvalue weighted by Gasteiger charge is 2.13. The van der Waals surface area contributed by atoms with E-state index in [-0.39, 0.29) is 5.97 Å². The average Bonchev–Trinajstić information content (AvgIpc) is 2.27. The summed E-state index contributed by atoms with van der Waals surface area (Å²) in [5.41, 5.74) is 2.91. The summed E-state index contributed by atoms with van der Waals surface area (Å²) in [5, 5.41) is 0. The Bertz CT molecular complexity index is 360. The van der Waals surface area contributed by atoms with E-state index < -0.39 is 0 Å². The Balaban J connectivity index is 2.33. The van der Waals surface area contributed by atoms with Gasteiger partial charge in [-0.3, -0.25) is 4.98 Å². The van der Waals surface area contributed by atoms with Crippen LogP contribution in [0, 0.1) is 0 Å². The fourth-order valence-electron chi connectivity index (χ4n) is 1.82. The summed E-state index contributed by atoms with van der Waals surface area (Å²) in [5.74, 6) is -0.300. The number of nitrogens with zero attached hydrogens (tertiary/aromatic N) is 1. The first kappa shape index (κ1) is 9.19. The van der Waals surface area contributed by atoms with Crippen LogP contribution in [-0.2, 0) is 17.6 Å². The molecule has 0 amide bonds. The van der Waals surface area contributed by atoms with E-state index in [1.165, 1.54) is 25.5 Å². The van der Waals surface area contributed by atoms with Gasteiger partial charge in [-0.05, 0) is 37.3 Å². The molecule has 3 nitrogen and oxygen atoms in total. The predicted molar refractivity (Wildman–Crippen MR) is 52.2 cm³/mol. The van der Waals surface area contributed by atoms with E-state index in [4.69, 9.17) is 0 Å². The van der Waals surface area contributed by atoms with Gasteiger partial charge in [-0.2, -0.15) is 0 Å².